The summed E-state index contributed by atoms with van der Waals surface area (Å²) in [4.78, 5) is 0. The maximum absolute atomic E-state index is 8.07. The Labute approximate surface area is 90.9 Å². The zero-order chi connectivity index (χ0) is 4.12. The molecule has 1 N–H and O–H groups in total. The van der Waals surface area contributed by atoms with Gasteiger partial charge in [0.15, 0.2) is 0 Å². The van der Waals surface area contributed by atoms with Crippen LogP contribution in [0.1, 0.15) is 19.8 Å². The number of rotatable bonds is 2. The van der Waals surface area contributed by atoms with Crippen LogP contribution in [0.2, 0.25) is 0 Å². The third-order valence-electron chi connectivity index (χ3n) is 0.512. The molecule has 0 aromatic rings. The summed E-state index contributed by atoms with van der Waals surface area (Å²) in [5.41, 5.74) is 0. The molecule has 0 spiro atoms. The number of halogens is 2. The normalized spacial score (nSPS) is 5.25. The molecule has 0 rings (SSSR count). The van der Waals surface area contributed by atoms with Gasteiger partial charge < -0.3 is 39.1 Å². The van der Waals surface area contributed by atoms with Gasteiger partial charge in [-0.3, -0.25) is 0 Å². The van der Waals surface area contributed by atoms with Crippen molar-refractivity contribution in [2.24, 2.45) is 0 Å². The van der Waals surface area contributed by atoms with Crippen molar-refractivity contribution in [3.05, 3.63) is 0 Å². The molecule has 0 saturated carbocycles. The van der Waals surface area contributed by atoms with Crippen LogP contribution in [0.25, 0.3) is 0 Å². The van der Waals surface area contributed by atoms with Crippen molar-refractivity contribution < 1.29 is 65.3 Å². The van der Waals surface area contributed by atoms with Crippen molar-refractivity contribution in [3.8, 4) is 0 Å². The molecule has 0 fully saturated rings. The van der Waals surface area contributed by atoms with Crippen LogP contribution in [0.4, 0.5) is 0 Å². The summed E-state index contributed by atoms with van der Waals surface area (Å²) >= 11 is 0. The number of hydrogen-bond donors (Lipinski definition) is 1. The number of hydrogen-bond acceptors (Lipinski definition) is 1. The van der Waals surface area contributed by atoms with Crippen molar-refractivity contribution in [1.82, 2.24) is 0 Å². The summed E-state index contributed by atoms with van der Waals surface area (Å²) in [6, 6.07) is 0. The summed E-state index contributed by atoms with van der Waals surface area (Å²) < 4.78 is 0. The van der Waals surface area contributed by atoms with Crippen LogP contribution < -0.4 is 34.0 Å². The first-order chi connectivity index (χ1) is 2.41. The Morgan fingerprint density at radius 1 is 1.25 bits per heavy atom. The number of unbranched alkanes of at least 4 members (excludes halogenated alkanes) is 1. The Kier molecular flexibility index (Phi) is 65.5. The van der Waals surface area contributed by atoms with E-state index in [9.17, 15) is 0 Å². The first-order valence-corrected chi connectivity index (χ1v) is 2.02. The third kappa shape index (κ3) is 25.0. The van der Waals surface area contributed by atoms with Gasteiger partial charge in [-0.15, -0.1) is 0 Å². The van der Waals surface area contributed by atoms with E-state index in [1.807, 2.05) is 0 Å². The predicted octanol–water partition coefficient (Wildman–Crippen LogP) is -5.22. The van der Waals surface area contributed by atoms with Gasteiger partial charge in [0.1, 0.15) is 0 Å². The van der Waals surface area contributed by atoms with Gasteiger partial charge >= 0.3 is 26.2 Å². The molecule has 0 aromatic heterocycles. The monoisotopic (exact) mass is 322 g/mol. The van der Waals surface area contributed by atoms with Crippen molar-refractivity contribution in [3.63, 3.8) is 0 Å². The smallest absolute Gasteiger partial charge is 1.00 e. The van der Waals surface area contributed by atoms with E-state index < -0.39 is 0 Å². The fourth-order valence-electron chi connectivity index (χ4n) is 0.158. The second-order valence-corrected chi connectivity index (χ2v) is 1.08. The Bertz CT molecular complexity index is 21.5. The van der Waals surface area contributed by atoms with E-state index in [2.05, 4.69) is 6.92 Å². The van der Waals surface area contributed by atoms with E-state index in [0.717, 1.165) is 12.8 Å². The van der Waals surface area contributed by atoms with E-state index in [1.165, 1.54) is 0 Å². The molecule has 0 aliphatic rings. The molecule has 0 aliphatic carbocycles. The molecule has 0 atom stereocenters. The van der Waals surface area contributed by atoms with Gasteiger partial charge in [-0.1, -0.05) is 13.3 Å². The van der Waals surface area contributed by atoms with Crippen molar-refractivity contribution >= 4 is 0 Å². The maximum Gasteiger partial charge on any atom is 2.00 e. The molecule has 1 nitrogen and oxygen atoms in total. The average molecular weight is 325 g/mol. The van der Waals surface area contributed by atoms with E-state index in [-0.39, 0.29) is 60.2 Å². The zero-order valence-corrected chi connectivity index (χ0v) is 10.5. The van der Waals surface area contributed by atoms with Gasteiger partial charge in [-0.05, 0) is 6.42 Å². The minimum absolute atomic E-state index is 0. The second kappa shape index (κ2) is 23.2. The summed E-state index contributed by atoms with van der Waals surface area (Å²) in [6.45, 7) is 2.40. The van der Waals surface area contributed by atoms with Crippen LogP contribution in [0.5, 0.6) is 0 Å². The molecule has 0 radical (unpaired) electrons. The van der Waals surface area contributed by atoms with Crippen LogP contribution in [-0.2, 0) is 26.2 Å². The van der Waals surface area contributed by atoms with Crippen LogP contribution in [-0.4, -0.2) is 11.7 Å². The van der Waals surface area contributed by atoms with Gasteiger partial charge in [0, 0.05) is 6.61 Å². The van der Waals surface area contributed by atoms with Gasteiger partial charge in [-0.25, -0.2) is 0 Å². The SMILES string of the molecule is CCCCO.[Br-].[Br-].[Zr+2]. The van der Waals surface area contributed by atoms with E-state index in [4.69, 9.17) is 5.11 Å². The molecule has 0 saturated heterocycles. The van der Waals surface area contributed by atoms with Gasteiger partial charge in [0.2, 0.25) is 0 Å². The maximum atomic E-state index is 8.07. The summed E-state index contributed by atoms with van der Waals surface area (Å²) in [7, 11) is 0. The van der Waals surface area contributed by atoms with Crippen LogP contribution in [0.15, 0.2) is 0 Å². The van der Waals surface area contributed by atoms with E-state index in [0.29, 0.717) is 6.61 Å². The molecule has 0 aromatic carbocycles. The van der Waals surface area contributed by atoms with E-state index in [1.54, 1.807) is 0 Å². The standard InChI is InChI=1S/C4H10O.2BrH.Zr/c1-2-3-4-5;;;/h5H,2-4H2,1H3;2*1H;/q;;;+2/p-2. The topological polar surface area (TPSA) is 20.2 Å². The molecule has 0 aliphatic heterocycles. The first kappa shape index (κ1) is 22.6. The van der Waals surface area contributed by atoms with Gasteiger partial charge in [0.05, 0.1) is 0 Å². The first-order valence-electron chi connectivity index (χ1n) is 2.02. The van der Waals surface area contributed by atoms with Crippen LogP contribution in [0.3, 0.4) is 0 Å². The van der Waals surface area contributed by atoms with E-state index >= 15 is 0 Å². The van der Waals surface area contributed by atoms with Crippen molar-refractivity contribution in [2.75, 3.05) is 6.61 Å². The van der Waals surface area contributed by atoms with Crippen LogP contribution in [0, 0.1) is 0 Å². The molecule has 0 unspecified atom stereocenters. The molecule has 4 heteroatoms. The largest absolute Gasteiger partial charge is 2.00 e. The molecular weight excluding hydrogens is 315 g/mol. The summed E-state index contributed by atoms with van der Waals surface area (Å²) in [5.74, 6) is 0. The van der Waals surface area contributed by atoms with Gasteiger partial charge in [0.25, 0.3) is 0 Å². The number of aliphatic hydroxyl groups excluding tert-OH is 1. The Balaban J connectivity index is -0.0000000267. The molecule has 0 bridgehead atoms. The quantitative estimate of drug-likeness (QED) is 0.538. The minimum atomic E-state index is 0. The summed E-state index contributed by atoms with van der Waals surface area (Å²) in [6.07, 6.45) is 2.04. The molecule has 8 heavy (non-hydrogen) atoms. The van der Waals surface area contributed by atoms with Crippen LogP contribution >= 0.6 is 0 Å². The molecular formula is C4H10Br2OZr. The third-order valence-corrected chi connectivity index (χ3v) is 0.512. The molecule has 0 amide bonds. The zero-order valence-electron chi connectivity index (χ0n) is 4.82. The second-order valence-electron chi connectivity index (χ2n) is 1.08. The molecule has 0 heterocycles. The Hall–Kier alpha value is 1.80. The predicted molar refractivity (Wildman–Crippen MR) is 22.0 cm³/mol. The Morgan fingerprint density at radius 3 is 1.62 bits per heavy atom. The summed E-state index contributed by atoms with van der Waals surface area (Å²) in [5, 5.41) is 8.07. The Morgan fingerprint density at radius 2 is 1.62 bits per heavy atom. The molecule has 50 valence electrons. The fraction of sp³-hybridized carbons (Fsp3) is 1.00. The number of aliphatic hydroxyl groups is 1. The average Bonchev–Trinajstić information content (AvgIpc) is 1.41. The van der Waals surface area contributed by atoms with Crippen molar-refractivity contribution in [2.45, 2.75) is 19.8 Å². The minimum Gasteiger partial charge on any atom is -1.00 e. The van der Waals surface area contributed by atoms with Crippen molar-refractivity contribution in [1.29, 1.82) is 0 Å². The fourth-order valence-corrected chi connectivity index (χ4v) is 0.158. The van der Waals surface area contributed by atoms with Gasteiger partial charge in [-0.2, -0.15) is 0 Å².